The van der Waals surface area contributed by atoms with Crippen LogP contribution in [-0.2, 0) is 26.2 Å². The zero-order chi connectivity index (χ0) is 20.6. The van der Waals surface area contributed by atoms with Crippen molar-refractivity contribution in [2.24, 2.45) is 0 Å². The number of sulfone groups is 2. The van der Waals surface area contributed by atoms with Gasteiger partial charge in [-0.3, -0.25) is 0 Å². The van der Waals surface area contributed by atoms with E-state index in [0.29, 0.717) is 23.8 Å². The van der Waals surface area contributed by atoms with E-state index < -0.39 is 36.7 Å². The van der Waals surface area contributed by atoms with Crippen LogP contribution in [0.2, 0.25) is 0 Å². The molecule has 0 unspecified atom stereocenters. The molecule has 2 atom stereocenters. The fourth-order valence-corrected chi connectivity index (χ4v) is 8.27. The Morgan fingerprint density at radius 2 is 1.79 bits per heavy atom. The van der Waals surface area contributed by atoms with Crippen LogP contribution in [0.15, 0.2) is 47.4 Å². The third-order valence-electron chi connectivity index (χ3n) is 5.09. The van der Waals surface area contributed by atoms with E-state index in [1.807, 2.05) is 6.07 Å². The summed E-state index contributed by atoms with van der Waals surface area (Å²) in [6, 6.07) is 10.7. The van der Waals surface area contributed by atoms with Crippen LogP contribution in [0, 0.1) is 0 Å². The van der Waals surface area contributed by atoms with Crippen LogP contribution in [0.1, 0.15) is 5.56 Å². The Labute approximate surface area is 169 Å². The Hall–Kier alpha value is -2.30. The highest BCUT2D eigenvalue weighted by molar-refractivity contribution is 7.96. The highest BCUT2D eigenvalue weighted by Gasteiger charge is 2.45. The van der Waals surface area contributed by atoms with Crippen molar-refractivity contribution in [3.63, 3.8) is 0 Å². The Kier molecular flexibility index (Phi) is 5.18. The third-order valence-corrected chi connectivity index (χ3v) is 9.26. The van der Waals surface area contributed by atoms with Gasteiger partial charge in [0.05, 0.1) is 28.8 Å². The lowest BCUT2D eigenvalue weighted by Gasteiger charge is -2.20. The van der Waals surface area contributed by atoms with Crippen molar-refractivity contribution in [1.29, 1.82) is 0 Å². The Morgan fingerprint density at radius 3 is 2.52 bits per heavy atom. The normalized spacial score (nSPS) is 22.5. The average molecular weight is 440 g/mol. The maximum absolute atomic E-state index is 13.1. The van der Waals surface area contributed by atoms with Crippen molar-refractivity contribution in [3.8, 4) is 17.2 Å². The number of hydrogen-bond donors (Lipinski definition) is 1. The minimum atomic E-state index is -3.84. The largest absolute Gasteiger partial charge is 0.497 e. The Balaban J connectivity index is 1.54. The maximum Gasteiger partial charge on any atom is 0.231 e. The molecule has 10 heteroatoms. The molecule has 0 amide bonds. The summed E-state index contributed by atoms with van der Waals surface area (Å²) in [7, 11) is -5.82. The van der Waals surface area contributed by atoms with Crippen molar-refractivity contribution in [2.45, 2.75) is 22.7 Å². The summed E-state index contributed by atoms with van der Waals surface area (Å²) >= 11 is 0. The molecule has 2 aliphatic heterocycles. The molecule has 2 aromatic carbocycles. The minimum Gasteiger partial charge on any atom is -0.497 e. The van der Waals surface area contributed by atoms with Crippen molar-refractivity contribution in [2.75, 3.05) is 25.4 Å². The highest BCUT2D eigenvalue weighted by atomic mass is 32.2. The van der Waals surface area contributed by atoms with E-state index in [2.05, 4.69) is 5.32 Å². The van der Waals surface area contributed by atoms with Crippen LogP contribution in [0.5, 0.6) is 17.2 Å². The lowest BCUT2D eigenvalue weighted by atomic mass is 10.2. The summed E-state index contributed by atoms with van der Waals surface area (Å²) in [5, 5.41) is 2.05. The quantitative estimate of drug-likeness (QED) is 0.714. The van der Waals surface area contributed by atoms with E-state index in [9.17, 15) is 16.8 Å². The van der Waals surface area contributed by atoms with Gasteiger partial charge < -0.3 is 19.5 Å². The van der Waals surface area contributed by atoms with Crippen LogP contribution in [0.25, 0.3) is 0 Å². The zero-order valence-corrected chi connectivity index (χ0v) is 17.3. The van der Waals surface area contributed by atoms with Gasteiger partial charge in [0, 0.05) is 12.6 Å². The molecule has 4 rings (SSSR count). The molecular formula is C19H21NO7S2. The number of fused-ring (bicyclic) bond motifs is 1. The summed E-state index contributed by atoms with van der Waals surface area (Å²) in [5.74, 6) is 1.17. The second kappa shape index (κ2) is 7.51. The molecule has 156 valence electrons. The predicted octanol–water partition coefficient (Wildman–Crippen LogP) is 1.15. The summed E-state index contributed by atoms with van der Waals surface area (Å²) in [4.78, 5) is 0.0790. The van der Waals surface area contributed by atoms with Crippen LogP contribution < -0.4 is 19.5 Å². The van der Waals surface area contributed by atoms with Crippen LogP contribution in [0.3, 0.4) is 0 Å². The van der Waals surface area contributed by atoms with Gasteiger partial charge >= 0.3 is 0 Å². The molecule has 0 bridgehead atoms. The molecule has 2 aliphatic rings. The Bertz CT molecular complexity index is 1110. The molecule has 0 radical (unpaired) electrons. The molecule has 2 aromatic rings. The van der Waals surface area contributed by atoms with E-state index in [0.717, 1.165) is 5.56 Å². The average Bonchev–Trinajstić information content (AvgIpc) is 3.29. The van der Waals surface area contributed by atoms with Crippen molar-refractivity contribution < 1.29 is 31.0 Å². The van der Waals surface area contributed by atoms with E-state index >= 15 is 0 Å². The van der Waals surface area contributed by atoms with Gasteiger partial charge in [0.2, 0.25) is 6.79 Å². The maximum atomic E-state index is 13.1. The van der Waals surface area contributed by atoms with Gasteiger partial charge in [0.1, 0.15) is 5.75 Å². The lowest BCUT2D eigenvalue weighted by Crippen LogP contribution is -2.43. The fraction of sp³-hybridized carbons (Fsp3) is 0.368. The van der Waals surface area contributed by atoms with Crippen molar-refractivity contribution in [3.05, 3.63) is 48.0 Å². The SMILES string of the molecule is COc1ccc(S(=O)(=O)[C@H]2CS(=O)(=O)C[C@@H]2NCc2ccc3c(c2)OCO3)cc1. The third kappa shape index (κ3) is 4.05. The molecule has 2 heterocycles. The first kappa shape index (κ1) is 20.0. The lowest BCUT2D eigenvalue weighted by molar-refractivity contribution is 0.174. The van der Waals surface area contributed by atoms with Crippen molar-refractivity contribution in [1.82, 2.24) is 5.32 Å². The fourth-order valence-electron chi connectivity index (χ4n) is 3.55. The Morgan fingerprint density at radius 1 is 1.07 bits per heavy atom. The smallest absolute Gasteiger partial charge is 0.231 e. The van der Waals surface area contributed by atoms with E-state index in [1.165, 1.54) is 19.2 Å². The molecule has 1 N–H and O–H groups in total. The summed E-state index contributed by atoms with van der Waals surface area (Å²) in [5.41, 5.74) is 0.846. The summed E-state index contributed by atoms with van der Waals surface area (Å²) in [6.07, 6.45) is 0. The van der Waals surface area contributed by atoms with E-state index in [-0.39, 0.29) is 17.4 Å². The number of methoxy groups -OCH3 is 1. The molecule has 29 heavy (non-hydrogen) atoms. The van der Waals surface area contributed by atoms with Gasteiger partial charge in [-0.2, -0.15) is 0 Å². The van der Waals surface area contributed by atoms with Gasteiger partial charge in [-0.1, -0.05) is 6.07 Å². The van der Waals surface area contributed by atoms with Gasteiger partial charge in [0.25, 0.3) is 0 Å². The zero-order valence-electron chi connectivity index (χ0n) is 15.7. The number of nitrogens with one attached hydrogen (secondary N) is 1. The molecule has 1 saturated heterocycles. The predicted molar refractivity (Wildman–Crippen MR) is 106 cm³/mol. The molecule has 0 saturated carbocycles. The summed E-state index contributed by atoms with van der Waals surface area (Å²) < 4.78 is 66.4. The number of hydrogen-bond acceptors (Lipinski definition) is 8. The number of rotatable bonds is 6. The van der Waals surface area contributed by atoms with Gasteiger partial charge in [-0.15, -0.1) is 0 Å². The first-order chi connectivity index (χ1) is 13.8. The molecule has 0 aliphatic carbocycles. The van der Waals surface area contributed by atoms with Crippen LogP contribution in [0.4, 0.5) is 0 Å². The molecule has 0 spiro atoms. The van der Waals surface area contributed by atoms with Crippen molar-refractivity contribution >= 4 is 19.7 Å². The van der Waals surface area contributed by atoms with Crippen LogP contribution in [-0.4, -0.2) is 53.5 Å². The van der Waals surface area contributed by atoms with Gasteiger partial charge in [-0.05, 0) is 42.0 Å². The second-order valence-corrected chi connectivity index (χ2v) is 11.3. The topological polar surface area (TPSA) is 108 Å². The molecular weight excluding hydrogens is 418 g/mol. The highest BCUT2D eigenvalue weighted by Crippen LogP contribution is 2.33. The van der Waals surface area contributed by atoms with E-state index in [1.54, 1.807) is 24.3 Å². The number of benzene rings is 2. The molecule has 8 nitrogen and oxygen atoms in total. The number of ether oxygens (including phenoxy) is 3. The standard InChI is InChI=1S/C19H21NO7S2/c1-25-14-3-5-15(6-4-14)29(23,24)19-11-28(21,22)10-16(19)20-9-13-2-7-17-18(8-13)27-12-26-17/h2-8,16,19-20H,9-12H2,1H3/t16-,19-/m0/s1. The second-order valence-electron chi connectivity index (χ2n) is 7.01. The van der Waals surface area contributed by atoms with Gasteiger partial charge in [0.15, 0.2) is 31.2 Å². The first-order valence-electron chi connectivity index (χ1n) is 8.99. The summed E-state index contributed by atoms with van der Waals surface area (Å²) in [6.45, 7) is 0.473. The monoisotopic (exact) mass is 439 g/mol. The minimum absolute atomic E-state index is 0.0790. The first-order valence-corrected chi connectivity index (χ1v) is 12.4. The molecule has 1 fully saturated rings. The van der Waals surface area contributed by atoms with Gasteiger partial charge in [-0.25, -0.2) is 16.8 Å². The van der Waals surface area contributed by atoms with E-state index in [4.69, 9.17) is 14.2 Å². The molecule has 0 aromatic heterocycles. The van der Waals surface area contributed by atoms with Crippen LogP contribution >= 0.6 is 0 Å².